The number of rotatable bonds is 11. The Morgan fingerprint density at radius 1 is 0.952 bits per heavy atom. The Morgan fingerprint density at radius 3 is 2.10 bits per heavy atom. The number of Topliss-reactive ketones (excluding diaryl/α,β-unsaturated/α-hetero) is 1. The summed E-state index contributed by atoms with van der Waals surface area (Å²) in [6.07, 6.45) is 13.9. The fourth-order valence-electron chi connectivity index (χ4n) is 3.22. The molecule has 0 aromatic rings. The van der Waals surface area contributed by atoms with Gasteiger partial charge in [0, 0.05) is 13.0 Å². The molecule has 0 aromatic carbocycles. The van der Waals surface area contributed by atoms with Crippen LogP contribution in [0.15, 0.2) is 0 Å². The van der Waals surface area contributed by atoms with Crippen molar-refractivity contribution in [3.05, 3.63) is 0 Å². The molecule has 3 nitrogen and oxygen atoms in total. The summed E-state index contributed by atoms with van der Waals surface area (Å²) in [5.74, 6) is 0.337. The number of amides is 1. The van der Waals surface area contributed by atoms with Crippen LogP contribution in [-0.2, 0) is 9.59 Å². The van der Waals surface area contributed by atoms with E-state index in [-0.39, 0.29) is 17.7 Å². The van der Waals surface area contributed by atoms with E-state index in [2.05, 4.69) is 6.92 Å². The van der Waals surface area contributed by atoms with Crippen LogP contribution in [0.25, 0.3) is 0 Å². The van der Waals surface area contributed by atoms with Gasteiger partial charge in [-0.05, 0) is 26.2 Å². The lowest BCUT2D eigenvalue weighted by Gasteiger charge is -2.22. The lowest BCUT2D eigenvalue weighted by Crippen LogP contribution is -2.39. The number of nitrogens with zero attached hydrogens (tertiary/aromatic N) is 1. The maximum Gasteiger partial charge on any atom is 0.223 e. The molecule has 0 N–H and O–H groups in total. The molecule has 1 rings (SSSR count). The van der Waals surface area contributed by atoms with E-state index in [1.807, 2.05) is 4.90 Å². The van der Waals surface area contributed by atoms with Crippen LogP contribution < -0.4 is 0 Å². The van der Waals surface area contributed by atoms with Crippen molar-refractivity contribution >= 4 is 11.7 Å². The molecule has 1 atom stereocenters. The SMILES string of the molecule is CCCCCCCCCCCC(=O)N1CCC[C@H]1C(C)=O. The lowest BCUT2D eigenvalue weighted by molar-refractivity contribution is -0.137. The Bertz CT molecular complexity index is 314. The van der Waals surface area contributed by atoms with Crippen LogP contribution in [0.5, 0.6) is 0 Å². The first-order chi connectivity index (χ1) is 10.2. The van der Waals surface area contributed by atoms with E-state index >= 15 is 0 Å². The number of carbonyl (C=O) groups excluding carboxylic acids is 2. The largest absolute Gasteiger partial charge is 0.333 e. The van der Waals surface area contributed by atoms with Gasteiger partial charge < -0.3 is 4.90 Å². The van der Waals surface area contributed by atoms with Crippen molar-refractivity contribution in [2.24, 2.45) is 0 Å². The van der Waals surface area contributed by atoms with E-state index in [9.17, 15) is 9.59 Å². The molecule has 0 aromatic heterocycles. The summed E-state index contributed by atoms with van der Waals surface area (Å²) >= 11 is 0. The molecule has 0 radical (unpaired) electrons. The molecular formula is C18H33NO2. The molecule has 122 valence electrons. The summed E-state index contributed by atoms with van der Waals surface area (Å²) in [5.41, 5.74) is 0. The minimum atomic E-state index is -0.129. The van der Waals surface area contributed by atoms with Gasteiger partial charge in [0.1, 0.15) is 0 Å². The average Bonchev–Trinajstić information content (AvgIpc) is 2.95. The van der Waals surface area contributed by atoms with Gasteiger partial charge in [-0.2, -0.15) is 0 Å². The molecule has 1 heterocycles. The highest BCUT2D eigenvalue weighted by Crippen LogP contribution is 2.20. The second kappa shape index (κ2) is 10.8. The molecule has 0 saturated carbocycles. The third-order valence-corrected chi connectivity index (χ3v) is 4.54. The number of likely N-dealkylation sites (tertiary alicyclic amines) is 1. The van der Waals surface area contributed by atoms with Gasteiger partial charge in [-0.1, -0.05) is 58.3 Å². The van der Waals surface area contributed by atoms with Crippen molar-refractivity contribution in [3.8, 4) is 0 Å². The highest BCUT2D eigenvalue weighted by molar-refractivity contribution is 5.88. The van der Waals surface area contributed by atoms with Crippen LogP contribution in [0, 0.1) is 0 Å². The van der Waals surface area contributed by atoms with Crippen LogP contribution >= 0.6 is 0 Å². The maximum absolute atomic E-state index is 12.1. The van der Waals surface area contributed by atoms with Gasteiger partial charge in [0.25, 0.3) is 0 Å². The van der Waals surface area contributed by atoms with Gasteiger partial charge in [-0.25, -0.2) is 0 Å². The number of carbonyl (C=O) groups is 2. The molecular weight excluding hydrogens is 262 g/mol. The number of ketones is 1. The van der Waals surface area contributed by atoms with E-state index in [1.54, 1.807) is 6.92 Å². The summed E-state index contributed by atoms with van der Waals surface area (Å²) in [4.78, 5) is 25.4. The molecule has 1 aliphatic rings. The highest BCUT2D eigenvalue weighted by atomic mass is 16.2. The number of unbranched alkanes of at least 4 members (excludes halogenated alkanes) is 8. The minimum Gasteiger partial charge on any atom is -0.333 e. The van der Waals surface area contributed by atoms with Crippen LogP contribution in [0.4, 0.5) is 0 Å². The second-order valence-corrected chi connectivity index (χ2v) is 6.43. The summed E-state index contributed by atoms with van der Waals surface area (Å²) in [7, 11) is 0. The van der Waals surface area contributed by atoms with Gasteiger partial charge in [-0.3, -0.25) is 9.59 Å². The molecule has 1 saturated heterocycles. The third-order valence-electron chi connectivity index (χ3n) is 4.54. The van der Waals surface area contributed by atoms with Crippen molar-refractivity contribution in [2.75, 3.05) is 6.54 Å². The first kappa shape index (κ1) is 18.2. The van der Waals surface area contributed by atoms with Crippen LogP contribution in [0.1, 0.15) is 90.9 Å². The van der Waals surface area contributed by atoms with Crippen molar-refractivity contribution in [1.29, 1.82) is 0 Å². The standard InChI is InChI=1S/C18H33NO2/c1-3-4-5-6-7-8-9-10-11-14-18(21)19-15-12-13-17(19)16(2)20/h17H,3-15H2,1-2H3/t17-/m0/s1. The van der Waals surface area contributed by atoms with Crippen LogP contribution in [0.2, 0.25) is 0 Å². The molecule has 0 bridgehead atoms. The smallest absolute Gasteiger partial charge is 0.223 e. The van der Waals surface area contributed by atoms with Crippen molar-refractivity contribution in [1.82, 2.24) is 4.90 Å². The normalized spacial score (nSPS) is 18.2. The van der Waals surface area contributed by atoms with E-state index in [0.717, 1.165) is 32.2 Å². The average molecular weight is 295 g/mol. The third kappa shape index (κ3) is 7.10. The lowest BCUT2D eigenvalue weighted by atomic mass is 10.1. The molecule has 0 aliphatic carbocycles. The Labute approximate surface area is 130 Å². The van der Waals surface area contributed by atoms with E-state index in [1.165, 1.54) is 44.9 Å². The zero-order valence-electron chi connectivity index (χ0n) is 14.0. The minimum absolute atomic E-state index is 0.129. The molecule has 1 fully saturated rings. The van der Waals surface area contributed by atoms with Crippen molar-refractivity contribution in [2.45, 2.75) is 96.9 Å². The summed E-state index contributed by atoms with van der Waals surface area (Å²) in [6.45, 7) is 4.63. The number of hydrogen-bond donors (Lipinski definition) is 0. The Morgan fingerprint density at radius 2 is 1.52 bits per heavy atom. The van der Waals surface area contributed by atoms with Gasteiger partial charge >= 0.3 is 0 Å². The van der Waals surface area contributed by atoms with Crippen molar-refractivity contribution < 1.29 is 9.59 Å². The zero-order valence-corrected chi connectivity index (χ0v) is 14.0. The first-order valence-electron chi connectivity index (χ1n) is 8.96. The monoisotopic (exact) mass is 295 g/mol. The fourth-order valence-corrected chi connectivity index (χ4v) is 3.22. The van der Waals surface area contributed by atoms with E-state index in [0.29, 0.717) is 6.42 Å². The summed E-state index contributed by atoms with van der Waals surface area (Å²) < 4.78 is 0. The van der Waals surface area contributed by atoms with Gasteiger partial charge in [0.15, 0.2) is 5.78 Å². The Balaban J connectivity index is 2.02. The highest BCUT2D eigenvalue weighted by Gasteiger charge is 2.30. The van der Waals surface area contributed by atoms with Crippen molar-refractivity contribution in [3.63, 3.8) is 0 Å². The topological polar surface area (TPSA) is 37.4 Å². The maximum atomic E-state index is 12.1. The molecule has 21 heavy (non-hydrogen) atoms. The van der Waals surface area contributed by atoms with Gasteiger partial charge in [0.05, 0.1) is 6.04 Å². The molecule has 1 amide bonds. The van der Waals surface area contributed by atoms with E-state index in [4.69, 9.17) is 0 Å². The zero-order chi connectivity index (χ0) is 15.5. The second-order valence-electron chi connectivity index (χ2n) is 6.43. The Kier molecular flexibility index (Phi) is 9.36. The van der Waals surface area contributed by atoms with Crippen LogP contribution in [0.3, 0.4) is 0 Å². The first-order valence-corrected chi connectivity index (χ1v) is 8.96. The Hall–Kier alpha value is -0.860. The molecule has 1 aliphatic heterocycles. The molecule has 0 unspecified atom stereocenters. The number of hydrogen-bond acceptors (Lipinski definition) is 2. The van der Waals surface area contributed by atoms with Crippen LogP contribution in [-0.4, -0.2) is 29.2 Å². The summed E-state index contributed by atoms with van der Waals surface area (Å²) in [6, 6.07) is -0.129. The molecule has 3 heteroatoms. The van der Waals surface area contributed by atoms with Gasteiger partial charge in [0.2, 0.25) is 5.91 Å². The predicted molar refractivity (Wildman–Crippen MR) is 87.3 cm³/mol. The fraction of sp³-hybridized carbons (Fsp3) is 0.889. The molecule has 0 spiro atoms. The van der Waals surface area contributed by atoms with E-state index < -0.39 is 0 Å². The quantitative estimate of drug-likeness (QED) is 0.527. The van der Waals surface area contributed by atoms with Gasteiger partial charge in [-0.15, -0.1) is 0 Å². The predicted octanol–water partition coefficient (Wildman–Crippen LogP) is 4.49. The summed E-state index contributed by atoms with van der Waals surface area (Å²) in [5, 5.41) is 0.